The maximum Gasteiger partial charge on any atom is 0.224 e. The van der Waals surface area contributed by atoms with Gasteiger partial charge in [0.1, 0.15) is 5.82 Å². The van der Waals surface area contributed by atoms with Crippen molar-refractivity contribution in [3.8, 4) is 11.4 Å². The molecule has 28 heavy (non-hydrogen) atoms. The smallest absolute Gasteiger partial charge is 0.224 e. The van der Waals surface area contributed by atoms with Gasteiger partial charge in [0, 0.05) is 25.1 Å². The summed E-state index contributed by atoms with van der Waals surface area (Å²) in [6.07, 6.45) is 9.69. The van der Waals surface area contributed by atoms with Crippen LogP contribution in [0.2, 0.25) is 0 Å². The van der Waals surface area contributed by atoms with Crippen LogP contribution in [0.1, 0.15) is 56.3 Å². The number of fused-ring (bicyclic) bond motifs is 4. The maximum absolute atomic E-state index is 13.0. The zero-order chi connectivity index (χ0) is 19.1. The molecule has 1 amide bonds. The molecule has 1 aromatic heterocycles. The first-order valence-electron chi connectivity index (χ1n) is 10.9. The highest BCUT2D eigenvalue weighted by Crippen LogP contribution is 2.49. The molecule has 5 heteroatoms. The molecule has 3 fully saturated rings. The van der Waals surface area contributed by atoms with Gasteiger partial charge in [0.25, 0.3) is 0 Å². The Balaban J connectivity index is 1.28. The number of benzene rings is 1. The van der Waals surface area contributed by atoms with E-state index in [0.717, 1.165) is 42.5 Å². The summed E-state index contributed by atoms with van der Waals surface area (Å²) in [5.74, 6) is 3.09. The summed E-state index contributed by atoms with van der Waals surface area (Å²) in [6, 6.07) is 8.36. The molecule has 0 spiro atoms. The van der Waals surface area contributed by atoms with Crippen LogP contribution in [0.4, 0.5) is 0 Å². The minimum atomic E-state index is 0.0170. The molecular weight excluding hydrogens is 348 g/mol. The fourth-order valence-corrected chi connectivity index (χ4v) is 5.56. The van der Waals surface area contributed by atoms with Crippen LogP contribution in [0.3, 0.4) is 0 Å². The van der Waals surface area contributed by atoms with Crippen LogP contribution < -0.4 is 5.32 Å². The van der Waals surface area contributed by atoms with Crippen LogP contribution in [0.5, 0.6) is 0 Å². The van der Waals surface area contributed by atoms with E-state index in [1.54, 1.807) is 0 Å². The zero-order valence-electron chi connectivity index (χ0n) is 16.8. The van der Waals surface area contributed by atoms with Crippen LogP contribution in [0, 0.1) is 24.2 Å². The largest absolute Gasteiger partial charge is 0.355 e. The number of aryl methyl sites for hydroxylation is 2. The lowest BCUT2D eigenvalue weighted by Crippen LogP contribution is -2.46. The van der Waals surface area contributed by atoms with Gasteiger partial charge in [-0.2, -0.15) is 0 Å². The molecule has 5 nitrogen and oxygen atoms in total. The zero-order valence-corrected chi connectivity index (χ0v) is 16.8. The number of nitrogens with zero attached hydrogens (tertiary/aromatic N) is 3. The number of amides is 1. The Morgan fingerprint density at radius 3 is 2.71 bits per heavy atom. The van der Waals surface area contributed by atoms with Gasteiger partial charge in [0.05, 0.1) is 5.92 Å². The maximum atomic E-state index is 13.0. The number of aromatic nitrogens is 3. The van der Waals surface area contributed by atoms with Gasteiger partial charge in [-0.3, -0.25) is 4.79 Å². The molecule has 1 N–H and O–H groups in total. The summed E-state index contributed by atoms with van der Waals surface area (Å²) >= 11 is 0. The molecule has 1 unspecified atom stereocenters. The Bertz CT molecular complexity index is 865. The Morgan fingerprint density at radius 1 is 1.18 bits per heavy atom. The Labute approximate surface area is 166 Å². The van der Waals surface area contributed by atoms with Crippen LogP contribution in [-0.4, -0.2) is 27.2 Å². The van der Waals surface area contributed by atoms with E-state index in [-0.39, 0.29) is 11.8 Å². The van der Waals surface area contributed by atoms with E-state index in [0.29, 0.717) is 12.0 Å². The lowest BCUT2D eigenvalue weighted by atomic mass is 9.61. The van der Waals surface area contributed by atoms with E-state index >= 15 is 0 Å². The number of nitrogens with one attached hydrogen (secondary N) is 1. The minimum Gasteiger partial charge on any atom is -0.355 e. The average Bonchev–Trinajstić information content (AvgIpc) is 3.17. The first-order valence-corrected chi connectivity index (χ1v) is 10.9. The SMILES string of the molecule is Cc1cccc(-c2nnc3n2CC(C(=O)NCC24CCC(CC2)CC4)CC3)c1. The third-order valence-corrected chi connectivity index (χ3v) is 7.48. The summed E-state index contributed by atoms with van der Waals surface area (Å²) in [6.45, 7) is 3.65. The number of carbonyl (C=O) groups excluding carboxylic acids is 1. The molecule has 1 aliphatic heterocycles. The van der Waals surface area contributed by atoms with E-state index in [4.69, 9.17) is 0 Å². The van der Waals surface area contributed by atoms with E-state index in [2.05, 4.69) is 51.3 Å². The molecule has 3 aliphatic carbocycles. The van der Waals surface area contributed by atoms with E-state index in [1.807, 2.05) is 0 Å². The van der Waals surface area contributed by atoms with Crippen LogP contribution in [0.25, 0.3) is 11.4 Å². The summed E-state index contributed by atoms with van der Waals surface area (Å²) in [7, 11) is 0. The molecular formula is C23H30N4O. The van der Waals surface area contributed by atoms with Crippen molar-refractivity contribution < 1.29 is 4.79 Å². The van der Waals surface area contributed by atoms with Crippen molar-refractivity contribution in [2.45, 2.75) is 64.8 Å². The van der Waals surface area contributed by atoms with Crippen LogP contribution >= 0.6 is 0 Å². The lowest BCUT2D eigenvalue weighted by Gasteiger charge is -2.46. The number of hydrogen-bond acceptors (Lipinski definition) is 3. The van der Waals surface area contributed by atoms with Gasteiger partial charge >= 0.3 is 0 Å². The Kier molecular flexibility index (Phi) is 4.48. The predicted octanol–water partition coefficient (Wildman–Crippen LogP) is 3.90. The molecule has 0 radical (unpaired) electrons. The molecule has 2 bridgehead atoms. The molecule has 1 aromatic carbocycles. The first-order chi connectivity index (χ1) is 13.6. The fourth-order valence-electron chi connectivity index (χ4n) is 5.56. The van der Waals surface area contributed by atoms with Crippen molar-refractivity contribution in [3.63, 3.8) is 0 Å². The van der Waals surface area contributed by atoms with E-state index < -0.39 is 0 Å². The molecule has 1 atom stereocenters. The molecule has 2 heterocycles. The molecule has 2 aromatic rings. The summed E-state index contributed by atoms with van der Waals surface area (Å²) in [5.41, 5.74) is 2.67. The number of carbonyl (C=O) groups is 1. The predicted molar refractivity (Wildman–Crippen MR) is 109 cm³/mol. The van der Waals surface area contributed by atoms with Crippen LogP contribution in [0.15, 0.2) is 24.3 Å². The summed E-state index contributed by atoms with van der Waals surface area (Å²) in [5, 5.41) is 12.2. The van der Waals surface area contributed by atoms with Gasteiger partial charge in [-0.1, -0.05) is 23.8 Å². The summed E-state index contributed by atoms with van der Waals surface area (Å²) in [4.78, 5) is 13.0. The molecule has 0 saturated heterocycles. The van der Waals surface area contributed by atoms with Crippen molar-refractivity contribution in [2.75, 3.05) is 6.54 Å². The van der Waals surface area contributed by atoms with Crippen molar-refractivity contribution in [3.05, 3.63) is 35.7 Å². The second-order valence-corrected chi connectivity index (χ2v) is 9.36. The van der Waals surface area contributed by atoms with Gasteiger partial charge in [-0.25, -0.2) is 0 Å². The second-order valence-electron chi connectivity index (χ2n) is 9.36. The van der Waals surface area contributed by atoms with E-state index in [1.165, 1.54) is 44.1 Å². The quantitative estimate of drug-likeness (QED) is 0.878. The molecule has 6 rings (SSSR count). The van der Waals surface area contributed by atoms with Gasteiger partial charge in [-0.15, -0.1) is 10.2 Å². The highest BCUT2D eigenvalue weighted by Gasteiger charge is 2.40. The number of hydrogen-bond donors (Lipinski definition) is 1. The first kappa shape index (κ1) is 17.9. The molecule has 4 aliphatic rings. The van der Waals surface area contributed by atoms with Gasteiger partial charge in [0.15, 0.2) is 5.82 Å². The average molecular weight is 379 g/mol. The Hall–Kier alpha value is -2.17. The fraction of sp³-hybridized carbons (Fsp3) is 0.609. The topological polar surface area (TPSA) is 59.8 Å². The standard InChI is InChI=1S/C23H30N4O/c1-16-3-2-4-18(13-16)21-26-25-20-6-5-19(14-27(20)21)22(28)24-15-23-10-7-17(8-11-23)9-12-23/h2-4,13,17,19H,5-12,14-15H2,1H3,(H,24,28). The van der Waals surface area contributed by atoms with Crippen molar-refractivity contribution >= 4 is 5.91 Å². The molecule has 148 valence electrons. The monoisotopic (exact) mass is 378 g/mol. The van der Waals surface area contributed by atoms with Crippen molar-refractivity contribution in [2.24, 2.45) is 17.3 Å². The highest BCUT2D eigenvalue weighted by atomic mass is 16.1. The Morgan fingerprint density at radius 2 is 1.96 bits per heavy atom. The second kappa shape index (κ2) is 7.02. The van der Waals surface area contributed by atoms with Crippen molar-refractivity contribution in [1.82, 2.24) is 20.1 Å². The third-order valence-electron chi connectivity index (χ3n) is 7.48. The third kappa shape index (κ3) is 3.25. The highest BCUT2D eigenvalue weighted by molar-refractivity contribution is 5.79. The van der Waals surface area contributed by atoms with Gasteiger partial charge in [0.2, 0.25) is 5.91 Å². The van der Waals surface area contributed by atoms with Gasteiger partial charge < -0.3 is 9.88 Å². The van der Waals surface area contributed by atoms with E-state index in [9.17, 15) is 4.79 Å². The minimum absolute atomic E-state index is 0.0170. The van der Waals surface area contributed by atoms with Crippen molar-refractivity contribution in [1.29, 1.82) is 0 Å². The lowest BCUT2D eigenvalue weighted by molar-refractivity contribution is -0.126. The molecule has 3 saturated carbocycles. The van der Waals surface area contributed by atoms with Gasteiger partial charge in [-0.05, 0) is 69.3 Å². The number of rotatable bonds is 4. The normalized spacial score (nSPS) is 28.8. The summed E-state index contributed by atoms with van der Waals surface area (Å²) < 4.78 is 2.16. The van der Waals surface area contributed by atoms with Crippen LogP contribution in [-0.2, 0) is 17.8 Å².